The molecule has 0 spiro atoms. The molecule has 1 aliphatic rings. The van der Waals surface area contributed by atoms with E-state index in [1.165, 1.54) is 6.08 Å². The number of rotatable bonds is 8. The molecule has 0 amide bonds. The first-order valence-corrected chi connectivity index (χ1v) is 8.85. The van der Waals surface area contributed by atoms with Gasteiger partial charge in [-0.05, 0) is 44.4 Å². The summed E-state index contributed by atoms with van der Waals surface area (Å²) in [6, 6.07) is 3.58. The summed E-state index contributed by atoms with van der Waals surface area (Å²) in [6.07, 6.45) is 5.18. The lowest BCUT2D eigenvalue weighted by Crippen LogP contribution is -2.48. The molecule has 5 atom stereocenters. The van der Waals surface area contributed by atoms with Crippen molar-refractivity contribution < 1.29 is 29.2 Å². The Hall–Kier alpha value is -1.80. The monoisotopic (exact) mass is 365 g/mol. The lowest BCUT2D eigenvalue weighted by molar-refractivity contribution is -0.273. The second kappa shape index (κ2) is 10.4. The summed E-state index contributed by atoms with van der Waals surface area (Å²) in [6.45, 7) is 3.84. The summed E-state index contributed by atoms with van der Waals surface area (Å²) in [4.78, 5) is 15.6. The first-order valence-electron chi connectivity index (χ1n) is 8.85. The van der Waals surface area contributed by atoms with Gasteiger partial charge in [-0.3, -0.25) is 4.98 Å². The van der Waals surface area contributed by atoms with Crippen LogP contribution in [-0.4, -0.2) is 51.9 Å². The number of allylic oxidation sites excluding steroid dienone is 1. The normalized spacial score (nSPS) is 27.4. The van der Waals surface area contributed by atoms with E-state index in [1.807, 2.05) is 6.92 Å². The predicted molar refractivity (Wildman–Crippen MR) is 93.9 cm³/mol. The van der Waals surface area contributed by atoms with Crippen LogP contribution in [0.15, 0.2) is 36.7 Å². The molecule has 1 aliphatic heterocycles. The molecule has 0 aliphatic carbocycles. The van der Waals surface area contributed by atoms with Crippen molar-refractivity contribution in [2.45, 2.75) is 70.4 Å². The van der Waals surface area contributed by atoms with Gasteiger partial charge in [0.25, 0.3) is 0 Å². The van der Waals surface area contributed by atoms with E-state index in [4.69, 9.17) is 14.2 Å². The fraction of sp³-hybridized carbons (Fsp3) is 0.579. The van der Waals surface area contributed by atoms with Crippen molar-refractivity contribution in [1.29, 1.82) is 0 Å². The van der Waals surface area contributed by atoms with E-state index >= 15 is 0 Å². The Labute approximate surface area is 153 Å². The number of hydrogen-bond acceptors (Lipinski definition) is 7. The average Bonchev–Trinajstić information content (AvgIpc) is 2.62. The van der Waals surface area contributed by atoms with E-state index in [-0.39, 0.29) is 25.2 Å². The minimum Gasteiger partial charge on any atom is -0.458 e. The molecule has 7 heteroatoms. The summed E-state index contributed by atoms with van der Waals surface area (Å²) < 4.78 is 16.3. The molecule has 0 saturated carbocycles. The van der Waals surface area contributed by atoms with Crippen LogP contribution in [0.1, 0.15) is 38.7 Å². The Balaban J connectivity index is 1.63. The zero-order valence-corrected chi connectivity index (χ0v) is 15.2. The first-order chi connectivity index (χ1) is 12.5. The fourth-order valence-electron chi connectivity index (χ4n) is 2.55. The van der Waals surface area contributed by atoms with Crippen LogP contribution in [0.4, 0.5) is 0 Å². The van der Waals surface area contributed by atoms with E-state index in [0.29, 0.717) is 12.8 Å². The smallest absolute Gasteiger partial charge is 0.330 e. The van der Waals surface area contributed by atoms with E-state index < -0.39 is 24.5 Å². The Morgan fingerprint density at radius 1 is 1.38 bits per heavy atom. The van der Waals surface area contributed by atoms with Gasteiger partial charge in [-0.15, -0.1) is 0 Å². The lowest BCUT2D eigenvalue weighted by atomic mass is 10.0. The van der Waals surface area contributed by atoms with Crippen molar-refractivity contribution in [3.63, 3.8) is 0 Å². The molecule has 0 radical (unpaired) electrons. The lowest BCUT2D eigenvalue weighted by Gasteiger charge is -2.36. The summed E-state index contributed by atoms with van der Waals surface area (Å²) in [5.74, 6) is -0.399. The molecule has 1 fully saturated rings. The highest BCUT2D eigenvalue weighted by Crippen LogP contribution is 2.22. The van der Waals surface area contributed by atoms with Crippen LogP contribution >= 0.6 is 0 Å². The molecule has 7 nitrogen and oxygen atoms in total. The van der Waals surface area contributed by atoms with Gasteiger partial charge in [-0.25, -0.2) is 4.79 Å². The molecule has 2 rings (SSSR count). The molecule has 2 heterocycles. The third-order valence-electron chi connectivity index (χ3n) is 4.18. The Morgan fingerprint density at radius 3 is 2.85 bits per heavy atom. The number of aliphatic hydroxyl groups is 2. The van der Waals surface area contributed by atoms with Gasteiger partial charge < -0.3 is 24.4 Å². The van der Waals surface area contributed by atoms with Gasteiger partial charge in [0, 0.05) is 24.9 Å². The molecule has 1 aromatic heterocycles. The molecule has 1 unspecified atom stereocenters. The van der Waals surface area contributed by atoms with Gasteiger partial charge in [0.1, 0.15) is 12.7 Å². The molecular formula is C19H27NO6. The number of aromatic nitrogens is 1. The van der Waals surface area contributed by atoms with Gasteiger partial charge in [0.05, 0.1) is 18.3 Å². The number of carbonyl (C=O) groups excluding carboxylic acids is 1. The van der Waals surface area contributed by atoms with Crippen molar-refractivity contribution in [3.8, 4) is 0 Å². The molecule has 1 aromatic rings. The van der Waals surface area contributed by atoms with Gasteiger partial charge in [-0.2, -0.15) is 0 Å². The van der Waals surface area contributed by atoms with E-state index in [1.54, 1.807) is 37.5 Å². The fourth-order valence-corrected chi connectivity index (χ4v) is 2.55. The third-order valence-corrected chi connectivity index (χ3v) is 4.18. The number of carbonyl (C=O) groups is 1. The van der Waals surface area contributed by atoms with E-state index in [2.05, 4.69) is 4.98 Å². The number of pyridine rings is 1. The van der Waals surface area contributed by atoms with Crippen molar-refractivity contribution in [3.05, 3.63) is 42.2 Å². The highest BCUT2D eigenvalue weighted by molar-refractivity contribution is 5.81. The maximum Gasteiger partial charge on any atom is 0.330 e. The standard InChI is InChI=1S/C19H27NO6/c1-13(25-19-17(22)11-16(21)14(2)26-19)5-3-4-6-18(23)24-12-15-7-9-20-10-8-15/h4,6-10,13-14,16-17,19,21-22H,3,5,11-12H2,1-2H3/b6-4+/t13?,14-,16+,17+,19+/m0/s1. The van der Waals surface area contributed by atoms with Crippen LogP contribution in [0.25, 0.3) is 0 Å². The van der Waals surface area contributed by atoms with Crippen LogP contribution in [0.3, 0.4) is 0 Å². The highest BCUT2D eigenvalue weighted by atomic mass is 16.7. The zero-order chi connectivity index (χ0) is 18.9. The van der Waals surface area contributed by atoms with Gasteiger partial charge in [0.2, 0.25) is 0 Å². The van der Waals surface area contributed by atoms with E-state index in [0.717, 1.165) is 5.56 Å². The third kappa shape index (κ3) is 6.84. The quantitative estimate of drug-likeness (QED) is 0.535. The molecule has 26 heavy (non-hydrogen) atoms. The van der Waals surface area contributed by atoms with Gasteiger partial charge in [0.15, 0.2) is 6.29 Å². The summed E-state index contributed by atoms with van der Waals surface area (Å²) in [5.41, 5.74) is 0.883. The summed E-state index contributed by atoms with van der Waals surface area (Å²) in [7, 11) is 0. The van der Waals surface area contributed by atoms with Gasteiger partial charge in [-0.1, -0.05) is 6.08 Å². The number of nitrogens with zero attached hydrogens (tertiary/aromatic N) is 1. The maximum atomic E-state index is 11.7. The highest BCUT2D eigenvalue weighted by Gasteiger charge is 2.35. The summed E-state index contributed by atoms with van der Waals surface area (Å²) >= 11 is 0. The molecule has 144 valence electrons. The van der Waals surface area contributed by atoms with E-state index in [9.17, 15) is 15.0 Å². The van der Waals surface area contributed by atoms with Crippen LogP contribution in [0.5, 0.6) is 0 Å². The SMILES string of the molecule is CC(CC/C=C/C(=O)OCc1ccncc1)O[C@@H]1O[C@@H](C)[C@H](O)C[C@H]1O. The number of aliphatic hydroxyl groups excluding tert-OH is 2. The van der Waals surface area contributed by atoms with Crippen LogP contribution in [-0.2, 0) is 25.6 Å². The largest absolute Gasteiger partial charge is 0.458 e. The molecule has 2 N–H and O–H groups in total. The van der Waals surface area contributed by atoms with Crippen molar-refractivity contribution in [2.24, 2.45) is 0 Å². The number of ether oxygens (including phenoxy) is 3. The van der Waals surface area contributed by atoms with Crippen LogP contribution < -0.4 is 0 Å². The van der Waals surface area contributed by atoms with Crippen molar-refractivity contribution in [1.82, 2.24) is 4.98 Å². The molecule has 0 bridgehead atoms. The summed E-state index contributed by atoms with van der Waals surface area (Å²) in [5, 5.41) is 19.6. The Bertz CT molecular complexity index is 579. The second-order valence-electron chi connectivity index (χ2n) is 6.47. The number of hydrogen-bond donors (Lipinski definition) is 2. The molecular weight excluding hydrogens is 338 g/mol. The minimum atomic E-state index is -0.845. The first kappa shape index (κ1) is 20.5. The topological polar surface area (TPSA) is 98.1 Å². The number of esters is 1. The zero-order valence-electron chi connectivity index (χ0n) is 15.2. The maximum absolute atomic E-state index is 11.7. The van der Waals surface area contributed by atoms with Crippen molar-refractivity contribution >= 4 is 5.97 Å². The Kier molecular flexibility index (Phi) is 8.18. The molecule has 0 aromatic carbocycles. The predicted octanol–water partition coefficient (Wildman–Crippen LogP) is 1.72. The Morgan fingerprint density at radius 2 is 2.12 bits per heavy atom. The second-order valence-corrected chi connectivity index (χ2v) is 6.47. The van der Waals surface area contributed by atoms with Gasteiger partial charge >= 0.3 is 5.97 Å². The van der Waals surface area contributed by atoms with Crippen LogP contribution in [0.2, 0.25) is 0 Å². The average molecular weight is 365 g/mol. The minimum absolute atomic E-state index is 0.158. The molecule has 1 saturated heterocycles. The van der Waals surface area contributed by atoms with Crippen LogP contribution in [0, 0.1) is 0 Å². The van der Waals surface area contributed by atoms with Crippen molar-refractivity contribution in [2.75, 3.05) is 0 Å².